The maximum atomic E-state index is 11.9. The van der Waals surface area contributed by atoms with E-state index >= 15 is 0 Å². The molecule has 0 aliphatic carbocycles. The van der Waals surface area contributed by atoms with Crippen LogP contribution in [0, 0.1) is 0 Å². The normalized spacial score (nSPS) is 13.2. The van der Waals surface area contributed by atoms with Crippen molar-refractivity contribution in [3.63, 3.8) is 0 Å². The van der Waals surface area contributed by atoms with Crippen LogP contribution in [0.2, 0.25) is 0 Å². The SMILES string of the molecule is CC(NC(=O)N[C@@H](C(=O)O)c1ccccc1)c1ccco1. The number of urea groups is 1. The van der Waals surface area contributed by atoms with Crippen LogP contribution in [0.1, 0.15) is 30.3 Å². The maximum absolute atomic E-state index is 11.9. The number of amides is 2. The highest BCUT2D eigenvalue weighted by Crippen LogP contribution is 2.14. The second-order valence-electron chi connectivity index (χ2n) is 4.54. The van der Waals surface area contributed by atoms with Crippen LogP contribution in [-0.2, 0) is 4.79 Å². The largest absolute Gasteiger partial charge is 0.479 e. The summed E-state index contributed by atoms with van der Waals surface area (Å²) in [5, 5.41) is 14.3. The van der Waals surface area contributed by atoms with Crippen molar-refractivity contribution in [3.8, 4) is 0 Å². The van der Waals surface area contributed by atoms with Gasteiger partial charge in [0.15, 0.2) is 6.04 Å². The first-order valence-electron chi connectivity index (χ1n) is 6.46. The minimum Gasteiger partial charge on any atom is -0.479 e. The molecule has 0 radical (unpaired) electrons. The monoisotopic (exact) mass is 288 g/mol. The average molecular weight is 288 g/mol. The number of nitrogens with one attached hydrogen (secondary N) is 2. The van der Waals surface area contributed by atoms with E-state index in [0.29, 0.717) is 11.3 Å². The number of hydrogen-bond acceptors (Lipinski definition) is 3. The van der Waals surface area contributed by atoms with Crippen LogP contribution >= 0.6 is 0 Å². The van der Waals surface area contributed by atoms with E-state index in [-0.39, 0.29) is 6.04 Å². The first kappa shape index (κ1) is 14.6. The number of carbonyl (C=O) groups excluding carboxylic acids is 1. The third-order valence-electron chi connectivity index (χ3n) is 2.97. The van der Waals surface area contributed by atoms with Crippen LogP contribution in [0.3, 0.4) is 0 Å². The zero-order valence-electron chi connectivity index (χ0n) is 11.4. The number of furan rings is 1. The zero-order chi connectivity index (χ0) is 15.2. The first-order chi connectivity index (χ1) is 10.1. The molecule has 6 nitrogen and oxygen atoms in total. The predicted octanol–water partition coefficient (Wildman–Crippen LogP) is 2.47. The summed E-state index contributed by atoms with van der Waals surface area (Å²) in [6.45, 7) is 1.75. The van der Waals surface area contributed by atoms with E-state index in [1.165, 1.54) is 6.26 Å². The van der Waals surface area contributed by atoms with Gasteiger partial charge in [-0.25, -0.2) is 9.59 Å². The summed E-state index contributed by atoms with van der Waals surface area (Å²) in [7, 11) is 0. The Labute approximate surface area is 121 Å². The minimum absolute atomic E-state index is 0.356. The number of carboxylic acids is 1. The van der Waals surface area contributed by atoms with Crippen LogP contribution in [0.25, 0.3) is 0 Å². The Morgan fingerprint density at radius 2 is 1.81 bits per heavy atom. The van der Waals surface area contributed by atoms with Gasteiger partial charge in [0.2, 0.25) is 0 Å². The molecule has 1 heterocycles. The molecule has 1 aromatic heterocycles. The van der Waals surface area contributed by atoms with Crippen LogP contribution in [-0.4, -0.2) is 17.1 Å². The highest BCUT2D eigenvalue weighted by Gasteiger charge is 2.22. The second kappa shape index (κ2) is 6.60. The van der Waals surface area contributed by atoms with E-state index in [2.05, 4.69) is 10.6 Å². The van der Waals surface area contributed by atoms with Crippen molar-refractivity contribution in [2.75, 3.05) is 0 Å². The smallest absolute Gasteiger partial charge is 0.330 e. The molecule has 0 aliphatic rings. The molecule has 1 unspecified atom stereocenters. The van der Waals surface area contributed by atoms with Gasteiger partial charge in [-0.05, 0) is 24.6 Å². The lowest BCUT2D eigenvalue weighted by Crippen LogP contribution is -2.41. The molecule has 2 aromatic rings. The van der Waals surface area contributed by atoms with Gasteiger partial charge in [-0.1, -0.05) is 30.3 Å². The minimum atomic E-state index is -1.12. The fourth-order valence-electron chi connectivity index (χ4n) is 1.91. The standard InChI is InChI=1S/C15H16N2O4/c1-10(12-8-5-9-21-12)16-15(20)17-13(14(18)19)11-6-3-2-4-7-11/h2-10,13H,1H3,(H,18,19)(H2,16,17,20)/t10?,13-/m1/s1. The Kier molecular flexibility index (Phi) is 4.61. The topological polar surface area (TPSA) is 91.6 Å². The van der Waals surface area contributed by atoms with Crippen molar-refractivity contribution in [1.29, 1.82) is 0 Å². The third-order valence-corrected chi connectivity index (χ3v) is 2.97. The molecule has 0 bridgehead atoms. The molecule has 0 aliphatic heterocycles. The summed E-state index contributed by atoms with van der Waals surface area (Å²) < 4.78 is 5.17. The average Bonchev–Trinajstić information content (AvgIpc) is 2.99. The molecule has 2 atom stereocenters. The van der Waals surface area contributed by atoms with E-state index in [0.717, 1.165) is 0 Å². The summed E-state index contributed by atoms with van der Waals surface area (Å²) in [5.41, 5.74) is 0.505. The molecule has 0 saturated heterocycles. The molecule has 21 heavy (non-hydrogen) atoms. The third kappa shape index (κ3) is 3.85. The Morgan fingerprint density at radius 3 is 2.38 bits per heavy atom. The number of aliphatic carboxylic acids is 1. The summed E-state index contributed by atoms with van der Waals surface area (Å²) in [6.07, 6.45) is 1.51. The highest BCUT2D eigenvalue weighted by atomic mass is 16.4. The van der Waals surface area contributed by atoms with Gasteiger partial charge in [-0.3, -0.25) is 0 Å². The Bertz CT molecular complexity index is 595. The molecule has 0 saturated carbocycles. The van der Waals surface area contributed by atoms with Crippen LogP contribution in [0.5, 0.6) is 0 Å². The molecule has 1 aromatic carbocycles. The fraction of sp³-hybridized carbons (Fsp3) is 0.200. The lowest BCUT2D eigenvalue weighted by molar-refractivity contribution is -0.139. The number of hydrogen-bond donors (Lipinski definition) is 3. The van der Waals surface area contributed by atoms with Crippen molar-refractivity contribution in [2.24, 2.45) is 0 Å². The quantitative estimate of drug-likeness (QED) is 0.788. The van der Waals surface area contributed by atoms with Crippen molar-refractivity contribution in [1.82, 2.24) is 10.6 Å². The van der Waals surface area contributed by atoms with Crippen LogP contribution in [0.4, 0.5) is 4.79 Å². The fourth-order valence-corrected chi connectivity index (χ4v) is 1.91. The molecule has 3 N–H and O–H groups in total. The molecule has 2 rings (SSSR count). The van der Waals surface area contributed by atoms with E-state index in [1.54, 1.807) is 49.4 Å². The number of rotatable bonds is 5. The maximum Gasteiger partial charge on any atom is 0.330 e. The van der Waals surface area contributed by atoms with Crippen LogP contribution in [0.15, 0.2) is 53.1 Å². The van der Waals surface area contributed by atoms with Crippen molar-refractivity contribution in [2.45, 2.75) is 19.0 Å². The number of benzene rings is 1. The highest BCUT2D eigenvalue weighted by molar-refractivity contribution is 5.83. The van der Waals surface area contributed by atoms with E-state index in [9.17, 15) is 14.7 Å². The Hall–Kier alpha value is -2.76. The number of carboxylic acid groups (broad SMARTS) is 1. The van der Waals surface area contributed by atoms with E-state index in [1.807, 2.05) is 0 Å². The van der Waals surface area contributed by atoms with Gasteiger partial charge < -0.3 is 20.2 Å². The molecule has 110 valence electrons. The summed E-state index contributed by atoms with van der Waals surface area (Å²) in [6, 6.07) is 9.93. The second-order valence-corrected chi connectivity index (χ2v) is 4.54. The summed E-state index contributed by atoms with van der Waals surface area (Å²) >= 11 is 0. The van der Waals surface area contributed by atoms with Gasteiger partial charge in [-0.15, -0.1) is 0 Å². The lowest BCUT2D eigenvalue weighted by atomic mass is 10.1. The van der Waals surface area contributed by atoms with E-state index < -0.39 is 18.0 Å². The van der Waals surface area contributed by atoms with Crippen molar-refractivity contribution in [3.05, 3.63) is 60.1 Å². The van der Waals surface area contributed by atoms with Gasteiger partial charge >= 0.3 is 12.0 Å². The molecular formula is C15H16N2O4. The zero-order valence-corrected chi connectivity index (χ0v) is 11.4. The number of carbonyl (C=O) groups is 2. The molecule has 0 spiro atoms. The van der Waals surface area contributed by atoms with Gasteiger partial charge in [0, 0.05) is 0 Å². The summed E-state index contributed by atoms with van der Waals surface area (Å²) in [4.78, 5) is 23.2. The predicted molar refractivity (Wildman–Crippen MR) is 75.6 cm³/mol. The molecular weight excluding hydrogens is 272 g/mol. The van der Waals surface area contributed by atoms with Crippen LogP contribution < -0.4 is 10.6 Å². The van der Waals surface area contributed by atoms with Crippen molar-refractivity contribution < 1.29 is 19.1 Å². The molecule has 0 fully saturated rings. The van der Waals surface area contributed by atoms with Gasteiger partial charge in [-0.2, -0.15) is 0 Å². The lowest BCUT2D eigenvalue weighted by Gasteiger charge is -2.17. The Morgan fingerprint density at radius 1 is 1.10 bits per heavy atom. The summed E-state index contributed by atoms with van der Waals surface area (Å²) in [5.74, 6) is -0.529. The first-order valence-corrected chi connectivity index (χ1v) is 6.46. The van der Waals surface area contributed by atoms with Crippen molar-refractivity contribution >= 4 is 12.0 Å². The van der Waals surface area contributed by atoms with Gasteiger partial charge in [0.25, 0.3) is 0 Å². The molecule has 6 heteroatoms. The van der Waals surface area contributed by atoms with Gasteiger partial charge in [0.05, 0.1) is 12.3 Å². The Balaban J connectivity index is 2.01. The molecule has 2 amide bonds. The van der Waals surface area contributed by atoms with E-state index in [4.69, 9.17) is 4.42 Å². The van der Waals surface area contributed by atoms with Gasteiger partial charge in [0.1, 0.15) is 5.76 Å².